The van der Waals surface area contributed by atoms with Crippen LogP contribution in [0.3, 0.4) is 0 Å². The van der Waals surface area contributed by atoms with Crippen molar-refractivity contribution in [3.8, 4) is 11.1 Å². The maximum atomic E-state index is 13.0. The molecule has 4 aromatic rings. The molecule has 0 spiro atoms. The number of fused-ring (bicyclic) bond motifs is 1. The highest BCUT2D eigenvalue weighted by Gasteiger charge is 2.23. The molecule has 0 saturated carbocycles. The molecule has 5 nitrogen and oxygen atoms in total. The van der Waals surface area contributed by atoms with Crippen molar-refractivity contribution in [1.29, 1.82) is 0 Å². The van der Waals surface area contributed by atoms with E-state index in [-0.39, 0.29) is 4.90 Å². The second-order valence-electron chi connectivity index (χ2n) is 7.02. The van der Waals surface area contributed by atoms with Crippen LogP contribution >= 0.6 is 11.3 Å². The van der Waals surface area contributed by atoms with E-state index in [9.17, 15) is 13.2 Å². The Balaban J connectivity index is 1.66. The summed E-state index contributed by atoms with van der Waals surface area (Å²) in [4.78, 5) is 15.2. The predicted octanol–water partition coefficient (Wildman–Crippen LogP) is 4.75. The van der Waals surface area contributed by atoms with E-state index in [1.807, 2.05) is 67.5 Å². The highest BCUT2D eigenvalue weighted by Crippen LogP contribution is 2.30. The largest absolute Gasteiger partial charge is 0.378 e. The van der Waals surface area contributed by atoms with E-state index in [0.29, 0.717) is 10.4 Å². The molecule has 0 aliphatic carbocycles. The minimum atomic E-state index is -4.05. The summed E-state index contributed by atoms with van der Waals surface area (Å²) in [6, 6.07) is 23.5. The Kier molecular flexibility index (Phi) is 5.32. The Hall–Kier alpha value is -3.16. The number of anilines is 1. The number of hydrogen-bond donors (Lipinski definition) is 1. The van der Waals surface area contributed by atoms with Crippen molar-refractivity contribution in [3.05, 3.63) is 83.7 Å². The molecule has 7 heteroatoms. The molecule has 0 saturated heterocycles. The topological polar surface area (TPSA) is 66.5 Å². The van der Waals surface area contributed by atoms with Crippen LogP contribution in [0, 0.1) is 0 Å². The SMILES string of the molecule is CN(C)c1ccc2cc(C(=O)NS(=O)(=O)c3ccccc3-c3ccccc3)sc2c1. The van der Waals surface area contributed by atoms with Gasteiger partial charge >= 0.3 is 0 Å². The summed E-state index contributed by atoms with van der Waals surface area (Å²) in [5.74, 6) is -0.634. The van der Waals surface area contributed by atoms with Crippen molar-refractivity contribution < 1.29 is 13.2 Å². The molecule has 1 amide bonds. The minimum Gasteiger partial charge on any atom is -0.378 e. The molecule has 0 unspecified atom stereocenters. The predicted molar refractivity (Wildman–Crippen MR) is 123 cm³/mol. The van der Waals surface area contributed by atoms with Crippen molar-refractivity contribution in [2.45, 2.75) is 4.90 Å². The van der Waals surface area contributed by atoms with Gasteiger partial charge in [0, 0.05) is 30.0 Å². The van der Waals surface area contributed by atoms with Gasteiger partial charge < -0.3 is 4.90 Å². The summed E-state index contributed by atoms with van der Waals surface area (Å²) < 4.78 is 29.2. The van der Waals surface area contributed by atoms with Crippen molar-refractivity contribution >= 4 is 43.0 Å². The lowest BCUT2D eigenvalue weighted by Crippen LogP contribution is -2.30. The molecule has 3 aromatic carbocycles. The molecule has 1 aromatic heterocycles. The lowest BCUT2D eigenvalue weighted by atomic mass is 10.1. The minimum absolute atomic E-state index is 0.0700. The molecule has 1 heterocycles. The molecule has 152 valence electrons. The fourth-order valence-corrected chi connectivity index (χ4v) is 5.45. The Morgan fingerprint density at radius 3 is 2.33 bits per heavy atom. The third-order valence-corrected chi connectivity index (χ3v) is 7.22. The van der Waals surface area contributed by atoms with Gasteiger partial charge in [0.25, 0.3) is 15.9 Å². The smallest absolute Gasteiger partial charge is 0.275 e. The number of benzene rings is 3. The maximum Gasteiger partial charge on any atom is 0.275 e. The average molecular weight is 437 g/mol. The van der Waals surface area contributed by atoms with Crippen molar-refractivity contribution in [3.63, 3.8) is 0 Å². The highest BCUT2D eigenvalue weighted by molar-refractivity contribution is 7.90. The molecule has 0 aliphatic heterocycles. The van der Waals surface area contributed by atoms with Gasteiger partial charge in [-0.1, -0.05) is 54.6 Å². The zero-order valence-corrected chi connectivity index (χ0v) is 18.1. The monoisotopic (exact) mass is 436 g/mol. The van der Waals surface area contributed by atoms with E-state index < -0.39 is 15.9 Å². The molecule has 0 atom stereocenters. The van der Waals surface area contributed by atoms with E-state index in [0.717, 1.165) is 21.3 Å². The molecular formula is C23H20N2O3S2. The zero-order chi connectivity index (χ0) is 21.3. The molecule has 1 N–H and O–H groups in total. The Morgan fingerprint density at radius 2 is 1.60 bits per heavy atom. The van der Waals surface area contributed by atoms with Crippen LogP contribution in [0.25, 0.3) is 21.2 Å². The Morgan fingerprint density at radius 1 is 0.900 bits per heavy atom. The summed E-state index contributed by atoms with van der Waals surface area (Å²) in [6.07, 6.45) is 0. The second kappa shape index (κ2) is 7.93. The van der Waals surface area contributed by atoms with Crippen molar-refractivity contribution in [1.82, 2.24) is 4.72 Å². The molecule has 0 aliphatic rings. The summed E-state index contributed by atoms with van der Waals surface area (Å²) in [5, 5.41) is 0.901. The summed E-state index contributed by atoms with van der Waals surface area (Å²) >= 11 is 1.27. The van der Waals surface area contributed by atoms with Crippen LogP contribution in [0.2, 0.25) is 0 Å². The molecule has 0 bridgehead atoms. The fraction of sp³-hybridized carbons (Fsp3) is 0.0870. The van der Waals surface area contributed by atoms with Gasteiger partial charge in [-0.05, 0) is 35.2 Å². The normalized spacial score (nSPS) is 11.4. The van der Waals surface area contributed by atoms with E-state index in [2.05, 4.69) is 4.72 Å². The number of amides is 1. The fourth-order valence-electron chi connectivity index (χ4n) is 3.19. The van der Waals surface area contributed by atoms with Gasteiger partial charge in [-0.3, -0.25) is 4.79 Å². The lowest BCUT2D eigenvalue weighted by Gasteiger charge is -2.11. The summed E-state index contributed by atoms with van der Waals surface area (Å²) in [6.45, 7) is 0. The number of rotatable bonds is 5. The maximum absolute atomic E-state index is 13.0. The first-order valence-electron chi connectivity index (χ1n) is 9.28. The van der Waals surface area contributed by atoms with Crippen molar-refractivity contribution in [2.75, 3.05) is 19.0 Å². The third-order valence-electron chi connectivity index (χ3n) is 4.73. The van der Waals surface area contributed by atoms with Crippen LogP contribution in [-0.2, 0) is 10.0 Å². The molecule has 30 heavy (non-hydrogen) atoms. The van der Waals surface area contributed by atoms with Gasteiger partial charge in [0.1, 0.15) is 0 Å². The van der Waals surface area contributed by atoms with Gasteiger partial charge in [-0.2, -0.15) is 0 Å². The van der Waals surface area contributed by atoms with Crippen LogP contribution in [0.5, 0.6) is 0 Å². The van der Waals surface area contributed by atoms with Crippen molar-refractivity contribution in [2.24, 2.45) is 0 Å². The number of nitrogens with one attached hydrogen (secondary N) is 1. The zero-order valence-electron chi connectivity index (χ0n) is 16.5. The molecule has 0 radical (unpaired) electrons. The van der Waals surface area contributed by atoms with E-state index in [1.54, 1.807) is 24.3 Å². The first kappa shape index (κ1) is 20.1. The second-order valence-corrected chi connectivity index (χ2v) is 9.76. The Bertz CT molecular complexity index is 1330. The van der Waals surface area contributed by atoms with Crippen LogP contribution in [0.1, 0.15) is 9.67 Å². The molecular weight excluding hydrogens is 416 g/mol. The van der Waals surface area contributed by atoms with E-state index in [1.165, 1.54) is 17.4 Å². The first-order valence-corrected chi connectivity index (χ1v) is 11.6. The Labute approximate surface area is 179 Å². The number of hydrogen-bond acceptors (Lipinski definition) is 5. The van der Waals surface area contributed by atoms with E-state index >= 15 is 0 Å². The number of carbonyl (C=O) groups is 1. The van der Waals surface area contributed by atoms with Crippen LogP contribution < -0.4 is 9.62 Å². The van der Waals surface area contributed by atoms with Gasteiger partial charge in [0.15, 0.2) is 0 Å². The van der Waals surface area contributed by atoms with Gasteiger partial charge in [-0.25, -0.2) is 13.1 Å². The summed E-state index contributed by atoms with van der Waals surface area (Å²) in [7, 11) is -0.159. The third kappa shape index (κ3) is 3.94. The molecule has 0 fully saturated rings. The summed E-state index contributed by atoms with van der Waals surface area (Å²) in [5.41, 5.74) is 2.33. The average Bonchev–Trinajstić information content (AvgIpc) is 3.18. The highest BCUT2D eigenvalue weighted by atomic mass is 32.2. The van der Waals surface area contributed by atoms with Gasteiger partial charge in [0.2, 0.25) is 0 Å². The van der Waals surface area contributed by atoms with Gasteiger partial charge in [-0.15, -0.1) is 11.3 Å². The van der Waals surface area contributed by atoms with Crippen LogP contribution in [0.15, 0.2) is 83.8 Å². The quantitative estimate of drug-likeness (QED) is 0.490. The van der Waals surface area contributed by atoms with E-state index in [4.69, 9.17) is 0 Å². The number of thiophene rings is 1. The lowest BCUT2D eigenvalue weighted by molar-refractivity contribution is 0.0985. The number of sulfonamides is 1. The molecule has 4 rings (SSSR count). The van der Waals surface area contributed by atoms with Crippen LogP contribution in [0.4, 0.5) is 5.69 Å². The van der Waals surface area contributed by atoms with Crippen LogP contribution in [-0.4, -0.2) is 28.4 Å². The standard InChI is InChI=1S/C23H20N2O3S2/c1-25(2)18-13-12-17-14-21(29-20(17)15-18)23(26)24-30(27,28)22-11-7-6-10-19(22)16-8-4-3-5-9-16/h3-15H,1-2H3,(H,24,26). The first-order chi connectivity index (χ1) is 14.3. The number of carbonyl (C=O) groups excluding carboxylic acids is 1. The number of nitrogens with zero attached hydrogens (tertiary/aromatic N) is 1. The van der Waals surface area contributed by atoms with Gasteiger partial charge in [0.05, 0.1) is 9.77 Å².